The predicted molar refractivity (Wildman–Crippen MR) is 105 cm³/mol. The number of aromatic nitrogens is 4. The Balaban J connectivity index is 1.35. The number of ketones is 1. The molecule has 142 valence electrons. The van der Waals surface area contributed by atoms with E-state index in [9.17, 15) is 4.79 Å². The van der Waals surface area contributed by atoms with Gasteiger partial charge in [-0.1, -0.05) is 11.8 Å². The summed E-state index contributed by atoms with van der Waals surface area (Å²) in [7, 11) is 1.97. The van der Waals surface area contributed by atoms with Gasteiger partial charge in [0.15, 0.2) is 16.8 Å². The van der Waals surface area contributed by atoms with E-state index in [0.29, 0.717) is 5.78 Å². The molecule has 4 aliphatic carbocycles. The quantitative estimate of drug-likeness (QED) is 0.727. The van der Waals surface area contributed by atoms with Crippen LogP contribution < -0.4 is 0 Å². The summed E-state index contributed by atoms with van der Waals surface area (Å²) in [6, 6.07) is 3.87. The average Bonchev–Trinajstić information content (AvgIpc) is 3.01. The lowest BCUT2D eigenvalue weighted by Gasteiger charge is -2.56. The van der Waals surface area contributed by atoms with E-state index in [1.807, 2.05) is 23.7 Å². The summed E-state index contributed by atoms with van der Waals surface area (Å²) in [6.07, 6.45) is 11.0. The van der Waals surface area contributed by atoms with E-state index in [2.05, 4.69) is 22.1 Å². The molecule has 0 saturated heterocycles. The highest BCUT2D eigenvalue weighted by Crippen LogP contribution is 2.61. The van der Waals surface area contributed by atoms with Crippen LogP contribution in [0.25, 0.3) is 11.4 Å². The van der Waals surface area contributed by atoms with Crippen LogP contribution >= 0.6 is 11.8 Å². The third-order valence-electron chi connectivity index (χ3n) is 6.99. The minimum absolute atomic E-state index is 0.0479. The first-order valence-electron chi connectivity index (χ1n) is 10.0. The molecular weight excluding hydrogens is 356 g/mol. The van der Waals surface area contributed by atoms with Gasteiger partial charge in [0.2, 0.25) is 0 Å². The molecule has 2 aromatic rings. The summed E-state index contributed by atoms with van der Waals surface area (Å²) in [5, 5.41) is 9.45. The number of carbonyl (C=O) groups is 1. The average molecular weight is 383 g/mol. The van der Waals surface area contributed by atoms with Crippen LogP contribution in [0, 0.1) is 23.2 Å². The molecule has 0 N–H and O–H groups in total. The zero-order chi connectivity index (χ0) is 18.6. The van der Waals surface area contributed by atoms with Crippen molar-refractivity contribution in [2.75, 3.05) is 0 Å². The van der Waals surface area contributed by atoms with Crippen molar-refractivity contribution in [3.05, 3.63) is 24.5 Å². The Morgan fingerprint density at radius 2 is 1.70 bits per heavy atom. The standard InChI is InChI=1S/C21H26N4OS/c1-13(18(26)21-10-14-7-15(11-21)9-16(8-14)12-21)27-20-24-23-19(25(20)2)17-3-5-22-6-4-17/h3-6,13-16H,7-12H2,1-2H3/t13-,14?,15?,16?,21?/m1/s1. The van der Waals surface area contributed by atoms with Gasteiger partial charge in [-0.25, -0.2) is 0 Å². The number of carbonyl (C=O) groups excluding carboxylic acids is 1. The van der Waals surface area contributed by atoms with Crippen LogP contribution in [0.2, 0.25) is 0 Å². The van der Waals surface area contributed by atoms with Crippen LogP contribution in [0.3, 0.4) is 0 Å². The van der Waals surface area contributed by atoms with Crippen molar-refractivity contribution in [2.45, 2.75) is 55.9 Å². The molecule has 27 heavy (non-hydrogen) atoms. The Kier molecular flexibility index (Phi) is 4.15. The number of rotatable bonds is 5. The fraction of sp³-hybridized carbons (Fsp3) is 0.619. The van der Waals surface area contributed by atoms with Crippen LogP contribution in [-0.4, -0.2) is 30.8 Å². The molecule has 0 unspecified atom stereocenters. The predicted octanol–water partition coefficient (Wildman–Crippen LogP) is 4.14. The van der Waals surface area contributed by atoms with E-state index >= 15 is 0 Å². The summed E-state index contributed by atoms with van der Waals surface area (Å²) in [6.45, 7) is 2.06. The Labute approximate surface area is 164 Å². The summed E-state index contributed by atoms with van der Waals surface area (Å²) in [4.78, 5) is 17.6. The van der Waals surface area contributed by atoms with Crippen LogP contribution in [0.5, 0.6) is 0 Å². The lowest BCUT2D eigenvalue weighted by molar-refractivity contribution is -0.142. The van der Waals surface area contributed by atoms with Crippen molar-refractivity contribution in [3.63, 3.8) is 0 Å². The van der Waals surface area contributed by atoms with Crippen molar-refractivity contribution < 1.29 is 4.79 Å². The van der Waals surface area contributed by atoms with Gasteiger partial charge in [-0.2, -0.15) is 0 Å². The molecule has 4 fully saturated rings. The SMILES string of the molecule is C[C@@H](Sc1nnc(-c2ccncc2)n1C)C(=O)C12CC3CC(CC(C3)C1)C2. The van der Waals surface area contributed by atoms with Gasteiger partial charge in [0, 0.05) is 30.4 Å². The van der Waals surface area contributed by atoms with Crippen LogP contribution in [-0.2, 0) is 11.8 Å². The second-order valence-corrected chi connectivity index (χ2v) is 10.2. The Morgan fingerprint density at radius 1 is 1.11 bits per heavy atom. The molecule has 6 rings (SSSR count). The van der Waals surface area contributed by atoms with Gasteiger partial charge >= 0.3 is 0 Å². The first-order chi connectivity index (χ1) is 13.0. The zero-order valence-electron chi connectivity index (χ0n) is 16.0. The first kappa shape index (κ1) is 17.4. The maximum Gasteiger partial charge on any atom is 0.191 e. The summed E-state index contributed by atoms with van der Waals surface area (Å²) in [5.41, 5.74) is 0.945. The highest BCUT2D eigenvalue weighted by molar-refractivity contribution is 8.00. The Hall–Kier alpha value is -1.69. The van der Waals surface area contributed by atoms with E-state index in [1.165, 1.54) is 19.3 Å². The molecule has 0 amide bonds. The molecule has 4 bridgehead atoms. The second kappa shape index (κ2) is 6.43. The second-order valence-electron chi connectivity index (χ2n) is 8.92. The lowest BCUT2D eigenvalue weighted by atomic mass is 9.48. The van der Waals surface area contributed by atoms with Gasteiger partial charge in [-0.05, 0) is 75.3 Å². The van der Waals surface area contributed by atoms with Crippen molar-refractivity contribution >= 4 is 17.5 Å². The summed E-state index contributed by atoms with van der Waals surface area (Å²) < 4.78 is 1.99. The molecule has 0 aliphatic heterocycles. The van der Waals surface area contributed by atoms with Crippen molar-refractivity contribution in [2.24, 2.45) is 30.2 Å². The van der Waals surface area contributed by atoms with Gasteiger partial charge < -0.3 is 4.57 Å². The number of thioether (sulfide) groups is 1. The van der Waals surface area contributed by atoms with Crippen molar-refractivity contribution in [3.8, 4) is 11.4 Å². The summed E-state index contributed by atoms with van der Waals surface area (Å²) in [5.74, 6) is 3.66. The van der Waals surface area contributed by atoms with Crippen LogP contribution in [0.15, 0.2) is 29.7 Å². The highest BCUT2D eigenvalue weighted by Gasteiger charge is 2.55. The topological polar surface area (TPSA) is 60.7 Å². The number of hydrogen-bond acceptors (Lipinski definition) is 5. The monoisotopic (exact) mass is 382 g/mol. The molecule has 4 saturated carbocycles. The van der Waals surface area contributed by atoms with E-state index in [-0.39, 0.29) is 10.7 Å². The first-order valence-corrected chi connectivity index (χ1v) is 10.9. The van der Waals surface area contributed by atoms with E-state index in [4.69, 9.17) is 0 Å². The van der Waals surface area contributed by atoms with Gasteiger partial charge in [-0.15, -0.1) is 10.2 Å². The van der Waals surface area contributed by atoms with Crippen LogP contribution in [0.1, 0.15) is 45.4 Å². The molecule has 2 aromatic heterocycles. The highest BCUT2D eigenvalue weighted by atomic mass is 32.2. The van der Waals surface area contributed by atoms with Gasteiger partial charge in [-0.3, -0.25) is 9.78 Å². The molecule has 0 aromatic carbocycles. The van der Waals surface area contributed by atoms with E-state index < -0.39 is 0 Å². The molecule has 2 heterocycles. The van der Waals surface area contributed by atoms with Crippen molar-refractivity contribution in [1.82, 2.24) is 19.7 Å². The molecule has 0 radical (unpaired) electrons. The molecule has 5 nitrogen and oxygen atoms in total. The van der Waals surface area contributed by atoms with Gasteiger partial charge in [0.25, 0.3) is 0 Å². The number of pyridine rings is 1. The maximum absolute atomic E-state index is 13.5. The summed E-state index contributed by atoms with van der Waals surface area (Å²) >= 11 is 1.57. The lowest BCUT2D eigenvalue weighted by Crippen LogP contribution is -2.51. The van der Waals surface area contributed by atoms with E-state index in [0.717, 1.165) is 53.6 Å². The third kappa shape index (κ3) is 2.93. The number of nitrogens with zero attached hydrogens (tertiary/aromatic N) is 4. The Morgan fingerprint density at radius 3 is 2.30 bits per heavy atom. The van der Waals surface area contributed by atoms with Gasteiger partial charge in [0.05, 0.1) is 5.25 Å². The fourth-order valence-corrected chi connectivity index (χ4v) is 7.23. The normalized spacial score (nSPS) is 32.6. The fourth-order valence-electron chi connectivity index (χ4n) is 6.23. The largest absolute Gasteiger partial charge is 0.305 e. The molecule has 6 heteroatoms. The smallest absolute Gasteiger partial charge is 0.191 e. The minimum atomic E-state index is -0.0746. The molecular formula is C21H26N4OS. The molecule has 0 spiro atoms. The van der Waals surface area contributed by atoms with Crippen molar-refractivity contribution in [1.29, 1.82) is 0 Å². The molecule has 4 aliphatic rings. The zero-order valence-corrected chi connectivity index (χ0v) is 16.8. The third-order valence-corrected chi connectivity index (χ3v) is 8.12. The number of Topliss-reactive ketones (excluding diaryl/α,β-unsaturated/α-hetero) is 1. The maximum atomic E-state index is 13.5. The minimum Gasteiger partial charge on any atom is -0.305 e. The molecule has 1 atom stereocenters. The van der Waals surface area contributed by atoms with Crippen LogP contribution in [0.4, 0.5) is 0 Å². The Bertz CT molecular complexity index is 827. The van der Waals surface area contributed by atoms with Gasteiger partial charge in [0.1, 0.15) is 0 Å². The number of hydrogen-bond donors (Lipinski definition) is 0. The van der Waals surface area contributed by atoms with E-state index in [1.54, 1.807) is 24.2 Å².